The van der Waals surface area contributed by atoms with Gasteiger partial charge in [-0.25, -0.2) is 4.79 Å². The van der Waals surface area contributed by atoms with Crippen LogP contribution >= 0.6 is 0 Å². The first-order valence-corrected chi connectivity index (χ1v) is 35.4. The van der Waals surface area contributed by atoms with Gasteiger partial charge in [0.15, 0.2) is 12.6 Å². The van der Waals surface area contributed by atoms with Crippen molar-refractivity contribution < 1.29 is 104 Å². The van der Waals surface area contributed by atoms with Crippen molar-refractivity contribution in [2.75, 3.05) is 26.4 Å². The summed E-state index contributed by atoms with van der Waals surface area (Å²) in [6.07, 6.45) is 15.4. The van der Waals surface area contributed by atoms with E-state index in [4.69, 9.17) is 28.4 Å². The highest BCUT2D eigenvalue weighted by Gasteiger charge is 2.60. The molecule has 3 rings (SSSR count). The average molecular weight is 1300 g/mol. The molecule has 14 N–H and O–H groups in total. The van der Waals surface area contributed by atoms with E-state index < -0.39 is 148 Å². The molecule has 0 bridgehead atoms. The fourth-order valence-electron chi connectivity index (χ4n) is 12.7. The van der Waals surface area contributed by atoms with E-state index in [1.165, 1.54) is 167 Å². The van der Waals surface area contributed by atoms with Crippen molar-refractivity contribution in [3.05, 3.63) is 0 Å². The number of hydrogen-bond donors (Lipinski definition) is 14. The van der Waals surface area contributed by atoms with E-state index >= 15 is 0 Å². The van der Waals surface area contributed by atoms with Gasteiger partial charge in [0, 0.05) is 19.8 Å². The normalized spacial score (nSPS) is 28.5. The summed E-state index contributed by atoms with van der Waals surface area (Å²) in [5, 5.41) is 136. The number of carboxylic acids is 1. The number of carbonyl (C=O) groups excluding carboxylic acids is 2. The topological polar surface area (TPSA) is 373 Å². The monoisotopic (exact) mass is 1290 g/mol. The number of rotatable bonds is 54. The number of nitrogens with one attached hydrogen (secondary N) is 2. The van der Waals surface area contributed by atoms with Crippen molar-refractivity contribution in [2.24, 2.45) is 0 Å². The number of carbonyl (C=O) groups is 3. The second-order valence-corrected chi connectivity index (χ2v) is 26.1. The molecule has 2 amide bonds. The molecule has 3 fully saturated rings. The SMILES string of the molecule is CCCCCCCCCCCCCCCCCCCCCCCCCC(O)C(COC1OC(CO)C(OC2OC(CO)C(O)C(OC3(C(=O)O)CC(O)C(NC(C)=O)C(C(O)C(O)CO)O3)C2O)C(O)C1O)NC(=O)CCCCCCCCCCCCCCC. The van der Waals surface area contributed by atoms with Gasteiger partial charge in [-0.15, -0.1) is 0 Å². The first-order chi connectivity index (χ1) is 43.4. The van der Waals surface area contributed by atoms with E-state index in [9.17, 15) is 75.7 Å². The molecule has 0 saturated carbocycles. The van der Waals surface area contributed by atoms with Crippen LogP contribution in [0.2, 0.25) is 0 Å². The van der Waals surface area contributed by atoms with Crippen molar-refractivity contribution in [3.63, 3.8) is 0 Å². The predicted octanol–water partition coefficient (Wildman–Crippen LogP) is 6.51. The first kappa shape index (κ1) is 82.0. The molecule has 0 radical (unpaired) electrons. The summed E-state index contributed by atoms with van der Waals surface area (Å²) in [5.74, 6) is -6.09. The van der Waals surface area contributed by atoms with Crippen LogP contribution in [0.4, 0.5) is 0 Å². The van der Waals surface area contributed by atoms with Crippen LogP contribution in [0, 0.1) is 0 Å². The van der Waals surface area contributed by atoms with Gasteiger partial charge in [0.1, 0.15) is 67.1 Å². The molecule has 90 heavy (non-hydrogen) atoms. The van der Waals surface area contributed by atoms with Crippen molar-refractivity contribution in [3.8, 4) is 0 Å². The number of aliphatic hydroxyl groups is 11. The lowest BCUT2D eigenvalue weighted by molar-refractivity contribution is -0.386. The van der Waals surface area contributed by atoms with Crippen LogP contribution in [0.3, 0.4) is 0 Å². The quantitative estimate of drug-likeness (QED) is 0.0288. The molecule has 3 saturated heterocycles. The Labute approximate surface area is 538 Å². The first-order valence-electron chi connectivity index (χ1n) is 35.4. The highest BCUT2D eigenvalue weighted by molar-refractivity contribution is 5.77. The van der Waals surface area contributed by atoms with Crippen LogP contribution in [0.5, 0.6) is 0 Å². The number of aliphatic carboxylic acids is 1. The zero-order chi connectivity index (χ0) is 66.1. The number of unbranched alkanes of at least 4 members (excludes halogenated alkanes) is 34. The Kier molecular flexibility index (Phi) is 44.1. The van der Waals surface area contributed by atoms with Crippen molar-refractivity contribution in [2.45, 2.75) is 381 Å². The standard InChI is InChI=1S/C67H126N2O21/c1-4-6-8-10-12-14-16-18-19-20-21-22-23-24-25-26-27-29-30-32-34-36-38-40-49(74)48(69-54(77)41-39-37-35-33-31-28-17-15-13-11-9-7-5-2)46-85-64-59(81)58(80)61(53(45-72)87-64)88-65-60(82)63(57(79)52(44-71)86-65)90-67(66(83)84)42-50(75)55(68-47(3)73)62(89-67)56(78)51(76)43-70/h48-53,55-65,70-72,74-76,78-82H,4-46H2,1-3H3,(H,68,73)(H,69,77)(H,83,84). The average Bonchev–Trinajstić information content (AvgIpc) is 0.767. The molecular weight excluding hydrogens is 1170 g/mol. The lowest BCUT2D eigenvalue weighted by Crippen LogP contribution is -2.70. The molecule has 0 aromatic carbocycles. The Morgan fingerprint density at radius 1 is 0.533 bits per heavy atom. The van der Waals surface area contributed by atoms with Gasteiger partial charge in [0.2, 0.25) is 11.8 Å². The van der Waals surface area contributed by atoms with Crippen LogP contribution in [0.15, 0.2) is 0 Å². The Bertz CT molecular complexity index is 1830. The molecule has 3 aliphatic rings. The molecule has 0 aromatic rings. The third kappa shape index (κ3) is 30.6. The van der Waals surface area contributed by atoms with Gasteiger partial charge < -0.3 is 100 Å². The lowest BCUT2D eigenvalue weighted by atomic mass is 9.88. The van der Waals surface area contributed by atoms with E-state index in [1.54, 1.807) is 0 Å². The molecule has 530 valence electrons. The zero-order valence-electron chi connectivity index (χ0n) is 55.3. The van der Waals surface area contributed by atoms with Gasteiger partial charge in [0.05, 0.1) is 50.7 Å². The Morgan fingerprint density at radius 3 is 1.39 bits per heavy atom. The molecule has 18 unspecified atom stereocenters. The molecule has 0 aliphatic carbocycles. The summed E-state index contributed by atoms with van der Waals surface area (Å²) in [6, 6.07) is -2.52. The van der Waals surface area contributed by atoms with Gasteiger partial charge in [-0.3, -0.25) is 9.59 Å². The molecule has 0 aromatic heterocycles. The maximum atomic E-state index is 13.4. The highest BCUT2D eigenvalue weighted by Crippen LogP contribution is 2.39. The summed E-state index contributed by atoms with van der Waals surface area (Å²) in [5.41, 5.74) is 0. The van der Waals surface area contributed by atoms with Crippen LogP contribution in [-0.4, -0.2) is 215 Å². The second kappa shape index (κ2) is 48.4. The number of amides is 2. The van der Waals surface area contributed by atoms with Gasteiger partial charge in [0.25, 0.3) is 5.79 Å². The van der Waals surface area contributed by atoms with Crippen LogP contribution in [0.1, 0.15) is 271 Å². The smallest absolute Gasteiger partial charge is 0.364 e. The van der Waals surface area contributed by atoms with Crippen LogP contribution in [0.25, 0.3) is 0 Å². The van der Waals surface area contributed by atoms with E-state index in [0.29, 0.717) is 19.3 Å². The predicted molar refractivity (Wildman–Crippen MR) is 339 cm³/mol. The Balaban J connectivity index is 1.57. The summed E-state index contributed by atoms with van der Waals surface area (Å²) < 4.78 is 34.9. The number of carboxylic acid groups (broad SMARTS) is 1. The number of ether oxygens (including phenoxy) is 6. The van der Waals surface area contributed by atoms with Crippen molar-refractivity contribution in [1.82, 2.24) is 10.6 Å². The van der Waals surface area contributed by atoms with Crippen molar-refractivity contribution >= 4 is 17.8 Å². The van der Waals surface area contributed by atoms with Gasteiger partial charge >= 0.3 is 5.97 Å². The Hall–Kier alpha value is -2.27. The van der Waals surface area contributed by atoms with E-state index in [-0.39, 0.29) is 18.9 Å². The summed E-state index contributed by atoms with van der Waals surface area (Å²) >= 11 is 0. The third-order valence-corrected chi connectivity index (χ3v) is 18.3. The number of hydrogen-bond acceptors (Lipinski definition) is 20. The molecule has 23 heteroatoms. The number of aliphatic hydroxyl groups excluding tert-OH is 11. The van der Waals surface area contributed by atoms with Crippen molar-refractivity contribution in [1.29, 1.82) is 0 Å². The van der Waals surface area contributed by atoms with Crippen LogP contribution in [-0.2, 0) is 42.8 Å². The van der Waals surface area contributed by atoms with Gasteiger partial charge in [-0.2, -0.15) is 0 Å². The minimum Gasteiger partial charge on any atom is -0.477 e. The van der Waals surface area contributed by atoms with Crippen LogP contribution < -0.4 is 10.6 Å². The molecule has 23 nitrogen and oxygen atoms in total. The third-order valence-electron chi connectivity index (χ3n) is 18.3. The van der Waals surface area contributed by atoms with Gasteiger partial charge in [-0.1, -0.05) is 239 Å². The highest BCUT2D eigenvalue weighted by atomic mass is 16.8. The fourth-order valence-corrected chi connectivity index (χ4v) is 12.7. The zero-order valence-corrected chi connectivity index (χ0v) is 55.3. The van der Waals surface area contributed by atoms with E-state index in [2.05, 4.69) is 24.5 Å². The summed E-state index contributed by atoms with van der Waals surface area (Å²) in [7, 11) is 0. The minimum atomic E-state index is -3.08. The molecule has 18 atom stereocenters. The summed E-state index contributed by atoms with van der Waals surface area (Å²) in [4.78, 5) is 38.5. The lowest BCUT2D eigenvalue weighted by Gasteiger charge is -2.50. The second-order valence-electron chi connectivity index (χ2n) is 26.1. The molecular formula is C67H126N2O21. The largest absolute Gasteiger partial charge is 0.477 e. The Morgan fingerprint density at radius 2 is 0.967 bits per heavy atom. The summed E-state index contributed by atoms with van der Waals surface area (Å²) in [6.45, 7) is 2.22. The molecule has 3 heterocycles. The maximum Gasteiger partial charge on any atom is 0.364 e. The molecule has 3 aliphatic heterocycles. The maximum absolute atomic E-state index is 13.4. The van der Waals surface area contributed by atoms with Gasteiger partial charge in [-0.05, 0) is 12.8 Å². The van der Waals surface area contributed by atoms with E-state index in [1.807, 2.05) is 0 Å². The minimum absolute atomic E-state index is 0.228. The fraction of sp³-hybridized carbons (Fsp3) is 0.955. The van der Waals surface area contributed by atoms with E-state index in [0.717, 1.165) is 58.3 Å². The molecule has 0 spiro atoms.